The summed E-state index contributed by atoms with van der Waals surface area (Å²) in [7, 11) is 0. The molecule has 0 fully saturated rings. The first-order valence-corrected chi connectivity index (χ1v) is 20.6. The number of rotatable bonds is 6. The van der Waals surface area contributed by atoms with E-state index in [-0.39, 0.29) is 0 Å². The van der Waals surface area contributed by atoms with Gasteiger partial charge in [0, 0.05) is 22.3 Å². The normalized spacial score (nSPS) is 11.7. The summed E-state index contributed by atoms with van der Waals surface area (Å²) >= 11 is 0. The zero-order chi connectivity index (χ0) is 39.6. The molecule has 0 unspecified atom stereocenters. The van der Waals surface area contributed by atoms with Crippen molar-refractivity contribution >= 4 is 82.1 Å². The van der Waals surface area contributed by atoms with Gasteiger partial charge in [0.2, 0.25) is 0 Å². The summed E-state index contributed by atoms with van der Waals surface area (Å²) in [6, 6.07) is 81.2. The first-order valence-electron chi connectivity index (χ1n) is 20.6. The van der Waals surface area contributed by atoms with Crippen molar-refractivity contribution in [3.8, 4) is 33.4 Å². The Morgan fingerprint density at radius 2 is 0.817 bits per heavy atom. The van der Waals surface area contributed by atoms with Gasteiger partial charge in [0.15, 0.2) is 0 Å². The molecule has 0 aliphatic heterocycles. The number of benzene rings is 11. The monoisotopic (exact) mass is 763 g/mol. The fourth-order valence-corrected chi connectivity index (χ4v) is 9.36. The van der Waals surface area contributed by atoms with E-state index in [1.807, 2.05) is 0 Å². The molecule has 0 atom stereocenters. The van der Waals surface area contributed by atoms with Crippen molar-refractivity contribution in [3.63, 3.8) is 0 Å². The van der Waals surface area contributed by atoms with E-state index in [2.05, 4.69) is 229 Å². The van der Waals surface area contributed by atoms with Gasteiger partial charge in [-0.25, -0.2) is 0 Å². The molecule has 0 N–H and O–H groups in total. The molecule has 2 nitrogen and oxygen atoms in total. The van der Waals surface area contributed by atoms with Gasteiger partial charge in [-0.1, -0.05) is 176 Å². The van der Waals surface area contributed by atoms with E-state index < -0.39 is 0 Å². The smallest absolute Gasteiger partial charge is 0.145 e. The molecule has 12 aromatic rings. The molecular formula is C58H37NO. The molecule has 0 saturated carbocycles. The maximum Gasteiger partial charge on any atom is 0.145 e. The Morgan fingerprint density at radius 1 is 0.300 bits per heavy atom. The van der Waals surface area contributed by atoms with Gasteiger partial charge in [0.05, 0.1) is 11.1 Å². The van der Waals surface area contributed by atoms with Crippen molar-refractivity contribution in [1.29, 1.82) is 0 Å². The molecule has 0 bridgehead atoms. The highest BCUT2D eigenvalue weighted by atomic mass is 16.3. The van der Waals surface area contributed by atoms with E-state index in [1.165, 1.54) is 65.3 Å². The summed E-state index contributed by atoms with van der Waals surface area (Å²) in [4.78, 5) is 2.39. The van der Waals surface area contributed by atoms with Gasteiger partial charge in [-0.05, 0) is 119 Å². The minimum absolute atomic E-state index is 0.868. The summed E-state index contributed by atoms with van der Waals surface area (Å²) in [5.41, 5.74) is 11.9. The zero-order valence-corrected chi connectivity index (χ0v) is 32.7. The predicted octanol–water partition coefficient (Wildman–Crippen LogP) is 16.7. The number of anilines is 3. The number of para-hydroxylation sites is 1. The third-order valence-corrected chi connectivity index (χ3v) is 12.3. The third kappa shape index (κ3) is 5.57. The van der Waals surface area contributed by atoms with Crippen LogP contribution < -0.4 is 4.90 Å². The molecule has 0 amide bonds. The lowest BCUT2D eigenvalue weighted by Crippen LogP contribution is -2.10. The van der Waals surface area contributed by atoms with E-state index >= 15 is 0 Å². The Labute approximate surface area is 347 Å². The first-order chi connectivity index (χ1) is 29.7. The fraction of sp³-hybridized carbons (Fsp3) is 0. The zero-order valence-electron chi connectivity index (χ0n) is 32.7. The van der Waals surface area contributed by atoms with Crippen LogP contribution in [0.5, 0.6) is 0 Å². The lowest BCUT2D eigenvalue weighted by molar-refractivity contribution is 0.670. The van der Waals surface area contributed by atoms with Gasteiger partial charge in [-0.15, -0.1) is 0 Å². The average Bonchev–Trinajstić information content (AvgIpc) is 3.72. The Hall–Kier alpha value is -7.94. The van der Waals surface area contributed by atoms with Crippen LogP contribution in [-0.4, -0.2) is 0 Å². The molecule has 2 heteroatoms. The van der Waals surface area contributed by atoms with Crippen LogP contribution in [0.3, 0.4) is 0 Å². The molecule has 12 rings (SSSR count). The van der Waals surface area contributed by atoms with Crippen molar-refractivity contribution in [3.05, 3.63) is 224 Å². The molecular weight excluding hydrogens is 727 g/mol. The largest absolute Gasteiger partial charge is 0.455 e. The molecule has 0 aliphatic carbocycles. The van der Waals surface area contributed by atoms with E-state index in [4.69, 9.17) is 4.42 Å². The minimum Gasteiger partial charge on any atom is -0.455 e. The SMILES string of the molecule is c1ccc2c(-c3ccc(N(c4ccc(-c5ccc6c(ccc7ccccc76)c5)cc4)c4ccc(-c5cccc6ccccc56)c5oc6ccccc6c45)cc3)cccc2c1. The van der Waals surface area contributed by atoms with Crippen molar-refractivity contribution in [1.82, 2.24) is 0 Å². The molecule has 0 radical (unpaired) electrons. The molecule has 60 heavy (non-hydrogen) atoms. The quantitative estimate of drug-likeness (QED) is 0.157. The predicted molar refractivity (Wildman–Crippen MR) is 255 cm³/mol. The maximum atomic E-state index is 6.88. The average molecular weight is 764 g/mol. The minimum atomic E-state index is 0.868. The maximum absolute atomic E-state index is 6.88. The van der Waals surface area contributed by atoms with E-state index in [1.54, 1.807) is 0 Å². The molecule has 0 saturated heterocycles. The van der Waals surface area contributed by atoms with Crippen LogP contribution in [-0.2, 0) is 0 Å². The Kier molecular flexibility index (Phi) is 7.89. The van der Waals surface area contributed by atoms with Crippen molar-refractivity contribution in [2.45, 2.75) is 0 Å². The number of nitrogens with zero attached hydrogens (tertiary/aromatic N) is 1. The van der Waals surface area contributed by atoms with Crippen LogP contribution in [0.2, 0.25) is 0 Å². The number of furan rings is 1. The first kappa shape index (κ1) is 34.1. The second-order valence-corrected chi connectivity index (χ2v) is 15.6. The molecule has 280 valence electrons. The van der Waals surface area contributed by atoms with Gasteiger partial charge < -0.3 is 9.32 Å². The van der Waals surface area contributed by atoms with Crippen molar-refractivity contribution in [2.24, 2.45) is 0 Å². The standard InChI is InChI=1S/C58H37NO/c1-4-16-47-39(11-1)14-9-20-49(47)42-27-32-46(33-28-42)59(45-30-25-38(26-31-45)43-29-34-51-44(37-43)24-23-41-13-3-5-17-48(41)51)55-36-35-53(52-21-10-15-40-12-2-6-18-50(40)52)58-57(55)54-19-7-8-22-56(54)60-58/h1-37H. The van der Waals surface area contributed by atoms with Crippen molar-refractivity contribution in [2.75, 3.05) is 4.90 Å². The van der Waals surface area contributed by atoms with Gasteiger partial charge in [0.25, 0.3) is 0 Å². The number of hydrogen-bond acceptors (Lipinski definition) is 2. The molecule has 11 aromatic carbocycles. The van der Waals surface area contributed by atoms with Gasteiger partial charge >= 0.3 is 0 Å². The molecule has 1 heterocycles. The van der Waals surface area contributed by atoms with Crippen LogP contribution in [0.1, 0.15) is 0 Å². The second-order valence-electron chi connectivity index (χ2n) is 15.6. The van der Waals surface area contributed by atoms with E-state index in [9.17, 15) is 0 Å². The van der Waals surface area contributed by atoms with Gasteiger partial charge in [0.1, 0.15) is 11.2 Å². The van der Waals surface area contributed by atoms with Crippen LogP contribution in [0.4, 0.5) is 17.1 Å². The summed E-state index contributed by atoms with van der Waals surface area (Å²) in [5.74, 6) is 0. The van der Waals surface area contributed by atoms with E-state index in [0.717, 1.165) is 50.1 Å². The van der Waals surface area contributed by atoms with Crippen molar-refractivity contribution < 1.29 is 4.42 Å². The topological polar surface area (TPSA) is 16.4 Å². The Bertz CT molecular complexity index is 3590. The molecule has 0 spiro atoms. The highest BCUT2D eigenvalue weighted by Gasteiger charge is 2.23. The lowest BCUT2D eigenvalue weighted by atomic mass is 9.95. The summed E-state index contributed by atoms with van der Waals surface area (Å²) < 4.78 is 6.88. The van der Waals surface area contributed by atoms with Crippen LogP contribution >= 0.6 is 0 Å². The molecule has 1 aromatic heterocycles. The lowest BCUT2D eigenvalue weighted by Gasteiger charge is -2.27. The number of fused-ring (bicyclic) bond motifs is 8. The highest BCUT2D eigenvalue weighted by molar-refractivity contribution is 6.18. The van der Waals surface area contributed by atoms with Crippen LogP contribution in [0.25, 0.3) is 98.4 Å². The summed E-state index contributed by atoms with van der Waals surface area (Å²) in [6.45, 7) is 0. The summed E-state index contributed by atoms with van der Waals surface area (Å²) in [6.07, 6.45) is 0. The van der Waals surface area contributed by atoms with E-state index in [0.29, 0.717) is 0 Å². The highest BCUT2D eigenvalue weighted by Crippen LogP contribution is 2.47. The third-order valence-electron chi connectivity index (χ3n) is 12.3. The Balaban J connectivity index is 1.04. The summed E-state index contributed by atoms with van der Waals surface area (Å²) in [5, 5.41) is 12.1. The Morgan fingerprint density at radius 3 is 1.53 bits per heavy atom. The van der Waals surface area contributed by atoms with Crippen LogP contribution in [0.15, 0.2) is 229 Å². The van der Waals surface area contributed by atoms with Crippen LogP contribution in [0, 0.1) is 0 Å². The second kappa shape index (κ2) is 13.9. The van der Waals surface area contributed by atoms with Gasteiger partial charge in [-0.2, -0.15) is 0 Å². The molecule has 0 aliphatic rings. The fourth-order valence-electron chi connectivity index (χ4n) is 9.36. The van der Waals surface area contributed by atoms with Gasteiger partial charge in [-0.3, -0.25) is 0 Å². The number of hydrogen-bond donors (Lipinski definition) is 0.